The van der Waals surface area contributed by atoms with Gasteiger partial charge in [-0.2, -0.15) is 0 Å². The topological polar surface area (TPSA) is 15.7 Å². The van der Waals surface area contributed by atoms with E-state index in [1.54, 1.807) is 0 Å². The molecule has 0 amide bonds. The zero-order valence-corrected chi connectivity index (χ0v) is 12.3. The second-order valence-electron chi connectivity index (χ2n) is 5.52. The van der Waals surface area contributed by atoms with Crippen molar-refractivity contribution in [2.24, 2.45) is 0 Å². The molecule has 0 aliphatic carbocycles. The van der Waals surface area contributed by atoms with Crippen LogP contribution in [-0.4, -0.2) is 50.1 Å². The first-order valence-electron chi connectivity index (χ1n) is 6.92. The van der Waals surface area contributed by atoms with E-state index in [4.69, 9.17) is 4.74 Å². The van der Waals surface area contributed by atoms with Crippen molar-refractivity contribution in [3.05, 3.63) is 29.3 Å². The summed E-state index contributed by atoms with van der Waals surface area (Å²) in [4.78, 5) is 4.34. The second-order valence-corrected chi connectivity index (χ2v) is 5.52. The highest BCUT2D eigenvalue weighted by Crippen LogP contribution is 2.25. The van der Waals surface area contributed by atoms with Crippen molar-refractivity contribution in [2.75, 3.05) is 34.3 Å². The smallest absolute Gasteiger partial charge is 0.167 e. The van der Waals surface area contributed by atoms with Crippen molar-refractivity contribution in [2.45, 2.75) is 25.4 Å². The molecule has 1 aliphatic rings. The van der Waals surface area contributed by atoms with Crippen LogP contribution >= 0.6 is 0 Å². The van der Waals surface area contributed by atoms with Gasteiger partial charge in [0.1, 0.15) is 5.75 Å². The Hall–Kier alpha value is -1.20. The number of rotatable bonds is 5. The Balaban J connectivity index is 2.07. The fourth-order valence-corrected chi connectivity index (χ4v) is 2.82. The molecule has 0 saturated carbocycles. The zero-order valence-electron chi connectivity index (χ0n) is 12.3. The summed E-state index contributed by atoms with van der Waals surface area (Å²) in [6.45, 7) is 2.29. The van der Waals surface area contributed by atoms with Gasteiger partial charge in [0.25, 0.3) is 0 Å². The highest BCUT2D eigenvalue weighted by Gasteiger charge is 2.23. The SMILES string of the molecule is COc1ccc(F)c(F)c1CN(C)C[C@H]1CCCN1C. The van der Waals surface area contributed by atoms with Crippen molar-refractivity contribution in [1.29, 1.82) is 0 Å². The number of nitrogens with zero attached hydrogens (tertiary/aromatic N) is 2. The van der Waals surface area contributed by atoms with Gasteiger partial charge in [0, 0.05) is 24.7 Å². The van der Waals surface area contributed by atoms with Crippen molar-refractivity contribution in [3.63, 3.8) is 0 Å². The molecule has 1 atom stereocenters. The van der Waals surface area contributed by atoms with E-state index in [9.17, 15) is 8.78 Å². The molecule has 1 aliphatic heterocycles. The van der Waals surface area contributed by atoms with E-state index >= 15 is 0 Å². The van der Waals surface area contributed by atoms with Gasteiger partial charge in [0.2, 0.25) is 0 Å². The largest absolute Gasteiger partial charge is 0.496 e. The monoisotopic (exact) mass is 284 g/mol. The Labute approximate surface area is 119 Å². The minimum Gasteiger partial charge on any atom is -0.496 e. The molecule has 20 heavy (non-hydrogen) atoms. The quantitative estimate of drug-likeness (QED) is 0.826. The summed E-state index contributed by atoms with van der Waals surface area (Å²) in [7, 11) is 5.51. The average Bonchev–Trinajstić information content (AvgIpc) is 2.81. The Bertz CT molecular complexity index is 467. The predicted octanol–water partition coefficient (Wildman–Crippen LogP) is 2.50. The molecule has 0 spiro atoms. The molecule has 1 saturated heterocycles. The first kappa shape index (κ1) is 15.2. The van der Waals surface area contributed by atoms with Crippen LogP contribution in [-0.2, 0) is 6.54 Å². The highest BCUT2D eigenvalue weighted by molar-refractivity contribution is 5.35. The molecule has 1 heterocycles. The number of halogens is 2. The number of benzene rings is 1. The van der Waals surface area contributed by atoms with Crippen molar-refractivity contribution < 1.29 is 13.5 Å². The third kappa shape index (κ3) is 3.27. The van der Waals surface area contributed by atoms with Crippen LogP contribution < -0.4 is 4.74 Å². The minimum atomic E-state index is -0.827. The van der Waals surface area contributed by atoms with Gasteiger partial charge in [-0.05, 0) is 45.6 Å². The van der Waals surface area contributed by atoms with E-state index in [0.29, 0.717) is 18.3 Å². The molecule has 0 radical (unpaired) electrons. The van der Waals surface area contributed by atoms with Crippen LogP contribution in [0.5, 0.6) is 5.75 Å². The molecular weight excluding hydrogens is 262 g/mol. The van der Waals surface area contributed by atoms with E-state index in [1.807, 2.05) is 11.9 Å². The van der Waals surface area contributed by atoms with Crippen LogP contribution in [0.25, 0.3) is 0 Å². The van der Waals surface area contributed by atoms with Gasteiger partial charge < -0.3 is 14.5 Å². The third-order valence-electron chi connectivity index (χ3n) is 3.99. The number of likely N-dealkylation sites (tertiary alicyclic amines) is 1. The lowest BCUT2D eigenvalue weighted by Gasteiger charge is -2.26. The molecule has 5 heteroatoms. The summed E-state index contributed by atoms with van der Waals surface area (Å²) in [6, 6.07) is 3.06. The van der Waals surface area contributed by atoms with Crippen LogP contribution in [0, 0.1) is 11.6 Å². The van der Waals surface area contributed by atoms with Gasteiger partial charge >= 0.3 is 0 Å². The first-order valence-corrected chi connectivity index (χ1v) is 6.92. The van der Waals surface area contributed by atoms with Crippen molar-refractivity contribution in [1.82, 2.24) is 9.80 Å². The van der Waals surface area contributed by atoms with Crippen molar-refractivity contribution >= 4 is 0 Å². The van der Waals surface area contributed by atoms with E-state index in [2.05, 4.69) is 11.9 Å². The van der Waals surface area contributed by atoms with Crippen LogP contribution in [0.4, 0.5) is 8.78 Å². The molecule has 1 aromatic rings. The van der Waals surface area contributed by atoms with E-state index < -0.39 is 11.6 Å². The van der Waals surface area contributed by atoms with Gasteiger partial charge in [0.05, 0.1) is 7.11 Å². The van der Waals surface area contributed by atoms with Gasteiger partial charge in [-0.1, -0.05) is 0 Å². The number of hydrogen-bond donors (Lipinski definition) is 0. The fourth-order valence-electron chi connectivity index (χ4n) is 2.82. The third-order valence-corrected chi connectivity index (χ3v) is 3.99. The lowest BCUT2D eigenvalue weighted by molar-refractivity contribution is 0.211. The molecule has 3 nitrogen and oxygen atoms in total. The first-order chi connectivity index (χ1) is 9.52. The maximum absolute atomic E-state index is 13.9. The lowest BCUT2D eigenvalue weighted by Crippen LogP contribution is -2.36. The molecule has 2 rings (SSSR count). The summed E-state index contributed by atoms with van der Waals surface area (Å²) >= 11 is 0. The molecule has 0 bridgehead atoms. The standard InChI is InChI=1S/C15H22F2N2O/c1-18(9-11-5-4-8-19(11)2)10-12-14(20-3)7-6-13(16)15(12)17/h6-7,11H,4-5,8-10H2,1-3H3/t11-/m1/s1. The van der Waals surface area contributed by atoms with E-state index in [0.717, 1.165) is 25.6 Å². The fraction of sp³-hybridized carbons (Fsp3) is 0.600. The molecule has 0 N–H and O–H groups in total. The Morgan fingerprint density at radius 3 is 2.75 bits per heavy atom. The van der Waals surface area contributed by atoms with Crippen LogP contribution in [0.2, 0.25) is 0 Å². The van der Waals surface area contributed by atoms with Gasteiger partial charge in [-0.3, -0.25) is 0 Å². The van der Waals surface area contributed by atoms with Crippen LogP contribution in [0.1, 0.15) is 18.4 Å². The maximum atomic E-state index is 13.9. The van der Waals surface area contributed by atoms with E-state index in [-0.39, 0.29) is 5.56 Å². The minimum absolute atomic E-state index is 0.288. The molecule has 112 valence electrons. The summed E-state index contributed by atoms with van der Waals surface area (Å²) in [6.07, 6.45) is 2.36. The Morgan fingerprint density at radius 1 is 1.40 bits per heavy atom. The summed E-state index contributed by atoms with van der Waals surface area (Å²) in [5.41, 5.74) is 0.288. The number of ether oxygens (including phenoxy) is 1. The molecule has 1 fully saturated rings. The maximum Gasteiger partial charge on any atom is 0.167 e. The highest BCUT2D eigenvalue weighted by atomic mass is 19.2. The lowest BCUT2D eigenvalue weighted by atomic mass is 10.1. The number of methoxy groups -OCH3 is 1. The van der Waals surface area contributed by atoms with Crippen LogP contribution in [0.15, 0.2) is 12.1 Å². The van der Waals surface area contributed by atoms with Crippen LogP contribution in [0.3, 0.4) is 0 Å². The van der Waals surface area contributed by atoms with Gasteiger partial charge in [-0.15, -0.1) is 0 Å². The second kappa shape index (κ2) is 6.50. The zero-order chi connectivity index (χ0) is 14.7. The molecular formula is C15H22F2N2O. The molecule has 0 aromatic heterocycles. The Kier molecular flexibility index (Phi) is 4.94. The van der Waals surface area contributed by atoms with Gasteiger partial charge in [0.15, 0.2) is 11.6 Å². The van der Waals surface area contributed by atoms with Gasteiger partial charge in [-0.25, -0.2) is 8.78 Å². The predicted molar refractivity (Wildman–Crippen MR) is 74.9 cm³/mol. The molecule has 1 aromatic carbocycles. The number of hydrogen-bond acceptors (Lipinski definition) is 3. The summed E-state index contributed by atoms with van der Waals surface area (Å²) in [5, 5.41) is 0. The Morgan fingerprint density at radius 2 is 2.15 bits per heavy atom. The normalized spacial score (nSPS) is 19.8. The molecule has 0 unspecified atom stereocenters. The van der Waals surface area contributed by atoms with E-state index in [1.165, 1.54) is 19.6 Å². The number of likely N-dealkylation sites (N-methyl/N-ethyl adjacent to an activating group) is 2. The average molecular weight is 284 g/mol. The summed E-state index contributed by atoms with van der Waals surface area (Å²) < 4.78 is 32.4. The van der Waals surface area contributed by atoms with Crippen molar-refractivity contribution in [3.8, 4) is 5.75 Å². The summed E-state index contributed by atoms with van der Waals surface area (Å²) in [5.74, 6) is -1.24.